The van der Waals surface area contributed by atoms with E-state index in [2.05, 4.69) is 27.8 Å². The second-order valence-electron chi connectivity index (χ2n) is 5.88. The van der Waals surface area contributed by atoms with Crippen LogP contribution in [0.25, 0.3) is 0 Å². The highest BCUT2D eigenvalue weighted by molar-refractivity contribution is 7.15. The third-order valence-corrected chi connectivity index (χ3v) is 5.04. The number of anilines is 1. The minimum atomic E-state index is -0.450. The van der Waals surface area contributed by atoms with E-state index in [0.717, 1.165) is 43.8 Å². The number of nitrogens with one attached hydrogen (secondary N) is 2. The molecular weight excluding hydrogens is 336 g/mol. The van der Waals surface area contributed by atoms with Gasteiger partial charge in [-0.3, -0.25) is 10.1 Å². The molecule has 1 aliphatic rings. The second-order valence-corrected chi connectivity index (χ2v) is 6.94. The van der Waals surface area contributed by atoms with Crippen molar-refractivity contribution in [3.8, 4) is 0 Å². The van der Waals surface area contributed by atoms with E-state index in [4.69, 9.17) is 4.74 Å². The van der Waals surface area contributed by atoms with Gasteiger partial charge < -0.3 is 10.1 Å². The van der Waals surface area contributed by atoms with E-state index in [1.807, 2.05) is 0 Å². The van der Waals surface area contributed by atoms with E-state index in [-0.39, 0.29) is 18.3 Å². The number of methoxy groups -OCH3 is 1. The van der Waals surface area contributed by atoms with Crippen LogP contribution in [0, 0.1) is 5.41 Å². The van der Waals surface area contributed by atoms with Crippen LogP contribution in [-0.4, -0.2) is 42.9 Å². The van der Waals surface area contributed by atoms with E-state index in [1.165, 1.54) is 24.2 Å². The van der Waals surface area contributed by atoms with E-state index in [1.54, 1.807) is 7.11 Å². The molecule has 0 radical (unpaired) electrons. The van der Waals surface area contributed by atoms with Crippen molar-refractivity contribution in [3.63, 3.8) is 0 Å². The minimum Gasteiger partial charge on any atom is -0.384 e. The first-order valence-electron chi connectivity index (χ1n) is 8.03. The van der Waals surface area contributed by atoms with Gasteiger partial charge in [0.05, 0.1) is 12.0 Å². The van der Waals surface area contributed by atoms with Crippen molar-refractivity contribution in [2.45, 2.75) is 45.4 Å². The van der Waals surface area contributed by atoms with Crippen LogP contribution in [0.2, 0.25) is 0 Å². The summed E-state index contributed by atoms with van der Waals surface area (Å²) in [6.45, 7) is 4.31. The molecule has 6 nitrogen and oxygen atoms in total. The quantitative estimate of drug-likeness (QED) is 0.695. The average Bonchev–Trinajstić information content (AvgIpc) is 2.96. The van der Waals surface area contributed by atoms with Crippen LogP contribution in [0.5, 0.6) is 0 Å². The minimum absolute atomic E-state index is 0. The number of hydrogen-bond donors (Lipinski definition) is 2. The number of ether oxygens (including phenoxy) is 1. The van der Waals surface area contributed by atoms with Gasteiger partial charge in [-0.15, -0.1) is 22.6 Å². The van der Waals surface area contributed by atoms with Crippen molar-refractivity contribution in [2.75, 3.05) is 32.1 Å². The number of unbranched alkanes of at least 4 members (excludes halogenated alkanes) is 2. The second kappa shape index (κ2) is 10.2. The molecule has 132 valence electrons. The Bertz CT molecular complexity index is 472. The molecule has 1 aromatic rings. The van der Waals surface area contributed by atoms with Crippen LogP contribution in [0.3, 0.4) is 0 Å². The molecule has 0 aromatic carbocycles. The molecule has 0 saturated carbocycles. The predicted octanol–water partition coefficient (Wildman–Crippen LogP) is 2.65. The number of aromatic nitrogens is 2. The van der Waals surface area contributed by atoms with Crippen molar-refractivity contribution in [1.82, 2.24) is 15.5 Å². The third kappa shape index (κ3) is 5.67. The summed E-state index contributed by atoms with van der Waals surface area (Å²) < 4.78 is 5.29. The van der Waals surface area contributed by atoms with Crippen LogP contribution in [0.1, 0.15) is 44.0 Å². The van der Waals surface area contributed by atoms with Crippen LogP contribution >= 0.6 is 23.7 Å². The lowest BCUT2D eigenvalue weighted by atomic mass is 9.79. The average molecular weight is 363 g/mol. The summed E-state index contributed by atoms with van der Waals surface area (Å²) in [5, 5.41) is 16.1. The Morgan fingerprint density at radius 3 is 2.74 bits per heavy atom. The van der Waals surface area contributed by atoms with Crippen LogP contribution in [-0.2, 0) is 16.0 Å². The smallest absolute Gasteiger partial charge is 0.234 e. The molecule has 2 heterocycles. The number of carbonyl (C=O) groups is 1. The maximum absolute atomic E-state index is 12.7. The number of amides is 1. The number of halogens is 1. The highest BCUT2D eigenvalue weighted by atomic mass is 35.5. The van der Waals surface area contributed by atoms with Crippen LogP contribution < -0.4 is 10.6 Å². The van der Waals surface area contributed by atoms with E-state index in [0.29, 0.717) is 11.7 Å². The molecule has 0 bridgehead atoms. The maximum atomic E-state index is 12.7. The number of rotatable bonds is 8. The Morgan fingerprint density at radius 1 is 1.35 bits per heavy atom. The summed E-state index contributed by atoms with van der Waals surface area (Å²) in [7, 11) is 1.65. The van der Waals surface area contributed by atoms with Gasteiger partial charge in [0.25, 0.3) is 0 Å². The van der Waals surface area contributed by atoms with Crippen LogP contribution in [0.4, 0.5) is 5.13 Å². The molecule has 23 heavy (non-hydrogen) atoms. The molecule has 1 aliphatic heterocycles. The fourth-order valence-corrected chi connectivity index (χ4v) is 3.56. The number of piperidine rings is 1. The molecule has 2 rings (SSSR count). The normalized spacial score (nSPS) is 16.6. The zero-order valence-corrected chi connectivity index (χ0v) is 15.5. The number of carbonyl (C=O) groups excluding carboxylic acids is 1. The van der Waals surface area contributed by atoms with E-state index < -0.39 is 5.41 Å². The van der Waals surface area contributed by atoms with Crippen molar-refractivity contribution in [1.29, 1.82) is 0 Å². The Labute approximate surface area is 148 Å². The first-order valence-corrected chi connectivity index (χ1v) is 8.85. The Morgan fingerprint density at radius 2 is 2.09 bits per heavy atom. The number of aryl methyl sites for hydroxylation is 1. The topological polar surface area (TPSA) is 76.1 Å². The Kier molecular flexibility index (Phi) is 8.98. The highest BCUT2D eigenvalue weighted by Gasteiger charge is 2.40. The maximum Gasteiger partial charge on any atom is 0.234 e. The van der Waals surface area contributed by atoms with E-state index in [9.17, 15) is 4.79 Å². The zero-order valence-electron chi connectivity index (χ0n) is 13.9. The summed E-state index contributed by atoms with van der Waals surface area (Å²) in [5.41, 5.74) is -0.450. The molecule has 1 fully saturated rings. The zero-order chi connectivity index (χ0) is 15.8. The largest absolute Gasteiger partial charge is 0.384 e. The summed E-state index contributed by atoms with van der Waals surface area (Å²) in [6, 6.07) is 0. The van der Waals surface area contributed by atoms with Gasteiger partial charge in [0.15, 0.2) is 0 Å². The van der Waals surface area contributed by atoms with Gasteiger partial charge >= 0.3 is 0 Å². The molecule has 0 unspecified atom stereocenters. The van der Waals surface area contributed by atoms with Gasteiger partial charge in [0.2, 0.25) is 11.0 Å². The lowest BCUT2D eigenvalue weighted by Gasteiger charge is -2.35. The molecular formula is C15H27ClN4O2S. The predicted molar refractivity (Wildman–Crippen MR) is 95.4 cm³/mol. The SMILES string of the molecule is CCCCCc1nnc(NC(=O)C2(COC)CCNCC2)s1.Cl. The molecule has 8 heteroatoms. The Hall–Kier alpha value is -0.760. The van der Waals surface area contributed by atoms with Gasteiger partial charge in [0.1, 0.15) is 5.01 Å². The monoisotopic (exact) mass is 362 g/mol. The van der Waals surface area contributed by atoms with Gasteiger partial charge in [-0.1, -0.05) is 31.1 Å². The Balaban J connectivity index is 0.00000264. The molecule has 0 atom stereocenters. The standard InChI is InChI=1S/C15H26N4O2S.ClH/c1-3-4-5-6-12-18-19-14(22-12)17-13(20)15(11-21-2)7-9-16-10-8-15;/h16H,3-11H2,1-2H3,(H,17,19,20);1H. The van der Waals surface area contributed by atoms with Gasteiger partial charge in [-0.2, -0.15) is 0 Å². The third-order valence-electron chi connectivity index (χ3n) is 4.14. The van der Waals surface area contributed by atoms with Crippen molar-refractivity contribution in [2.24, 2.45) is 5.41 Å². The van der Waals surface area contributed by atoms with Gasteiger partial charge in [0, 0.05) is 13.5 Å². The summed E-state index contributed by atoms with van der Waals surface area (Å²) in [4.78, 5) is 12.7. The van der Waals surface area contributed by atoms with Crippen molar-refractivity contribution < 1.29 is 9.53 Å². The van der Waals surface area contributed by atoms with Gasteiger partial charge in [-0.25, -0.2) is 0 Å². The molecule has 1 saturated heterocycles. The van der Waals surface area contributed by atoms with Gasteiger partial charge in [-0.05, 0) is 32.4 Å². The lowest BCUT2D eigenvalue weighted by molar-refractivity contribution is -0.130. The summed E-state index contributed by atoms with van der Waals surface area (Å²) in [6.07, 6.45) is 6.03. The fourth-order valence-electron chi connectivity index (χ4n) is 2.78. The molecule has 2 N–H and O–H groups in total. The first kappa shape index (κ1) is 20.3. The number of hydrogen-bond acceptors (Lipinski definition) is 6. The molecule has 0 aliphatic carbocycles. The highest BCUT2D eigenvalue weighted by Crippen LogP contribution is 2.31. The fraction of sp³-hybridized carbons (Fsp3) is 0.800. The first-order chi connectivity index (χ1) is 10.7. The summed E-state index contributed by atoms with van der Waals surface area (Å²) >= 11 is 1.48. The lowest BCUT2D eigenvalue weighted by Crippen LogP contribution is -2.47. The van der Waals surface area contributed by atoms with Crippen LogP contribution in [0.15, 0.2) is 0 Å². The molecule has 1 amide bonds. The number of nitrogens with zero attached hydrogens (tertiary/aromatic N) is 2. The van der Waals surface area contributed by atoms with Crippen molar-refractivity contribution in [3.05, 3.63) is 5.01 Å². The van der Waals surface area contributed by atoms with Crippen molar-refractivity contribution >= 4 is 34.8 Å². The molecule has 0 spiro atoms. The summed E-state index contributed by atoms with van der Waals surface area (Å²) in [5.74, 6) is 0.00658. The van der Waals surface area contributed by atoms with E-state index >= 15 is 0 Å². The molecule has 1 aromatic heterocycles.